The van der Waals surface area contributed by atoms with Gasteiger partial charge in [0.2, 0.25) is 0 Å². The van der Waals surface area contributed by atoms with Gasteiger partial charge in [-0.05, 0) is 50.1 Å². The number of nitriles is 1. The molecule has 0 bridgehead atoms. The number of rotatable bonds is 5. The highest BCUT2D eigenvalue weighted by molar-refractivity contribution is 6.04. The molecule has 2 N–H and O–H groups in total. The number of carbonyl (C=O) groups is 2. The molecule has 0 atom stereocenters. The Morgan fingerprint density at radius 1 is 1.28 bits per heavy atom. The molecule has 1 aromatic carbocycles. The van der Waals surface area contributed by atoms with Crippen LogP contribution in [-0.2, 0) is 4.74 Å². The SMILES string of the molecule is CCOC(=O)N1CCC(Nc2ccc(C(=O)Nc3cccc(C#N)c3)cn2)CC1. The summed E-state index contributed by atoms with van der Waals surface area (Å²) in [5.74, 6) is 0.393. The number of anilines is 2. The van der Waals surface area contributed by atoms with E-state index in [0.29, 0.717) is 42.3 Å². The predicted molar refractivity (Wildman–Crippen MR) is 109 cm³/mol. The molecule has 1 aliphatic heterocycles. The van der Waals surface area contributed by atoms with Gasteiger partial charge < -0.3 is 20.3 Å². The van der Waals surface area contributed by atoms with E-state index in [1.54, 1.807) is 48.2 Å². The molecule has 2 aromatic rings. The van der Waals surface area contributed by atoms with E-state index < -0.39 is 0 Å². The second-order valence-electron chi connectivity index (χ2n) is 6.68. The van der Waals surface area contributed by atoms with Gasteiger partial charge in [0.15, 0.2) is 0 Å². The highest BCUT2D eigenvalue weighted by Crippen LogP contribution is 2.17. The van der Waals surface area contributed by atoms with Crippen molar-refractivity contribution in [2.75, 3.05) is 30.3 Å². The number of benzene rings is 1. The lowest BCUT2D eigenvalue weighted by atomic mass is 10.1. The minimum atomic E-state index is -0.290. The van der Waals surface area contributed by atoms with Crippen molar-refractivity contribution >= 4 is 23.5 Å². The van der Waals surface area contributed by atoms with E-state index in [4.69, 9.17) is 10.00 Å². The summed E-state index contributed by atoms with van der Waals surface area (Å²) in [5.41, 5.74) is 1.47. The highest BCUT2D eigenvalue weighted by Gasteiger charge is 2.23. The number of ether oxygens (including phenoxy) is 1. The molecule has 0 saturated carbocycles. The van der Waals surface area contributed by atoms with Crippen molar-refractivity contribution in [1.29, 1.82) is 5.26 Å². The van der Waals surface area contributed by atoms with Crippen LogP contribution in [0.3, 0.4) is 0 Å². The quantitative estimate of drug-likeness (QED) is 0.807. The van der Waals surface area contributed by atoms with Gasteiger partial charge in [0.05, 0.1) is 23.8 Å². The first-order chi connectivity index (χ1) is 14.1. The molecular weight excluding hydrogens is 370 g/mol. The van der Waals surface area contributed by atoms with E-state index in [9.17, 15) is 9.59 Å². The highest BCUT2D eigenvalue weighted by atomic mass is 16.6. The Balaban J connectivity index is 1.52. The Morgan fingerprint density at radius 3 is 2.72 bits per heavy atom. The zero-order chi connectivity index (χ0) is 20.6. The first-order valence-electron chi connectivity index (χ1n) is 9.55. The molecular formula is C21H23N5O3. The van der Waals surface area contributed by atoms with Gasteiger partial charge in [0, 0.05) is 31.0 Å². The van der Waals surface area contributed by atoms with E-state index in [1.165, 1.54) is 6.20 Å². The molecule has 1 fully saturated rings. The fourth-order valence-corrected chi connectivity index (χ4v) is 3.11. The van der Waals surface area contributed by atoms with E-state index in [2.05, 4.69) is 15.6 Å². The number of hydrogen-bond donors (Lipinski definition) is 2. The predicted octanol–water partition coefficient (Wildman–Crippen LogP) is 3.24. The molecule has 0 aliphatic carbocycles. The molecule has 1 aromatic heterocycles. The molecule has 0 unspecified atom stereocenters. The smallest absolute Gasteiger partial charge is 0.409 e. The fourth-order valence-electron chi connectivity index (χ4n) is 3.11. The molecule has 150 valence electrons. The number of nitrogens with one attached hydrogen (secondary N) is 2. The Labute approximate surface area is 169 Å². The average molecular weight is 393 g/mol. The van der Waals surface area contributed by atoms with Gasteiger partial charge in [0.1, 0.15) is 5.82 Å². The van der Waals surface area contributed by atoms with Crippen molar-refractivity contribution in [3.63, 3.8) is 0 Å². The van der Waals surface area contributed by atoms with Crippen LogP contribution in [0.15, 0.2) is 42.6 Å². The van der Waals surface area contributed by atoms with Crippen molar-refractivity contribution in [1.82, 2.24) is 9.88 Å². The lowest BCUT2D eigenvalue weighted by molar-refractivity contribution is 0.0982. The second-order valence-corrected chi connectivity index (χ2v) is 6.68. The normalized spacial score (nSPS) is 14.0. The Morgan fingerprint density at radius 2 is 2.07 bits per heavy atom. The number of likely N-dealkylation sites (tertiary alicyclic amines) is 1. The first kappa shape index (κ1) is 20.1. The minimum Gasteiger partial charge on any atom is -0.450 e. The van der Waals surface area contributed by atoms with Crippen molar-refractivity contribution in [2.45, 2.75) is 25.8 Å². The summed E-state index contributed by atoms with van der Waals surface area (Å²) in [6, 6.07) is 12.4. The molecule has 0 spiro atoms. The third-order valence-electron chi connectivity index (χ3n) is 4.65. The average Bonchev–Trinajstić information content (AvgIpc) is 2.75. The van der Waals surface area contributed by atoms with E-state index in [0.717, 1.165) is 12.8 Å². The summed E-state index contributed by atoms with van der Waals surface area (Å²) in [7, 11) is 0. The second kappa shape index (κ2) is 9.55. The summed E-state index contributed by atoms with van der Waals surface area (Å²) in [4.78, 5) is 30.1. The van der Waals surface area contributed by atoms with Crippen LogP contribution in [0.1, 0.15) is 35.7 Å². The maximum Gasteiger partial charge on any atom is 0.409 e. The van der Waals surface area contributed by atoms with Gasteiger partial charge >= 0.3 is 6.09 Å². The summed E-state index contributed by atoms with van der Waals surface area (Å²) in [5, 5.41) is 15.0. The monoisotopic (exact) mass is 393 g/mol. The Kier molecular flexibility index (Phi) is 6.63. The van der Waals surface area contributed by atoms with Crippen LogP contribution >= 0.6 is 0 Å². The number of piperidine rings is 1. The lowest BCUT2D eigenvalue weighted by Crippen LogP contribution is -2.42. The Bertz CT molecular complexity index is 899. The summed E-state index contributed by atoms with van der Waals surface area (Å²) < 4.78 is 5.03. The Hall–Kier alpha value is -3.60. The molecule has 2 heterocycles. The molecule has 8 nitrogen and oxygen atoms in total. The maximum atomic E-state index is 12.4. The fraction of sp³-hybridized carbons (Fsp3) is 0.333. The van der Waals surface area contributed by atoms with E-state index in [1.807, 2.05) is 6.07 Å². The first-order valence-corrected chi connectivity index (χ1v) is 9.55. The molecule has 3 rings (SSSR count). The largest absolute Gasteiger partial charge is 0.450 e. The van der Waals surface area contributed by atoms with E-state index in [-0.39, 0.29) is 18.0 Å². The molecule has 29 heavy (non-hydrogen) atoms. The third-order valence-corrected chi connectivity index (χ3v) is 4.65. The van der Waals surface area contributed by atoms with E-state index >= 15 is 0 Å². The van der Waals surface area contributed by atoms with Gasteiger partial charge in [0.25, 0.3) is 5.91 Å². The summed E-state index contributed by atoms with van der Waals surface area (Å²) >= 11 is 0. The van der Waals surface area contributed by atoms with Gasteiger partial charge in [-0.3, -0.25) is 4.79 Å². The van der Waals surface area contributed by atoms with Gasteiger partial charge in [-0.2, -0.15) is 5.26 Å². The molecule has 1 aliphatic rings. The molecule has 0 radical (unpaired) electrons. The number of nitrogens with zero attached hydrogens (tertiary/aromatic N) is 3. The zero-order valence-corrected chi connectivity index (χ0v) is 16.2. The van der Waals surface area contributed by atoms with Crippen LogP contribution in [0.2, 0.25) is 0 Å². The van der Waals surface area contributed by atoms with Crippen molar-refractivity contribution < 1.29 is 14.3 Å². The number of pyridine rings is 1. The zero-order valence-electron chi connectivity index (χ0n) is 16.2. The maximum absolute atomic E-state index is 12.4. The number of amides is 2. The van der Waals surface area contributed by atoms with Gasteiger partial charge in [-0.1, -0.05) is 6.07 Å². The van der Waals surface area contributed by atoms with Crippen LogP contribution in [0.5, 0.6) is 0 Å². The van der Waals surface area contributed by atoms with Gasteiger partial charge in [-0.25, -0.2) is 9.78 Å². The molecule has 2 amide bonds. The topological polar surface area (TPSA) is 107 Å². The number of hydrogen-bond acceptors (Lipinski definition) is 6. The van der Waals surface area contributed by atoms with Crippen LogP contribution in [-0.4, -0.2) is 47.6 Å². The van der Waals surface area contributed by atoms with Gasteiger partial charge in [-0.15, -0.1) is 0 Å². The summed E-state index contributed by atoms with van der Waals surface area (Å²) in [6.45, 7) is 3.45. The summed E-state index contributed by atoms with van der Waals surface area (Å²) in [6.07, 6.45) is 2.86. The van der Waals surface area contributed by atoms with Crippen molar-refractivity contribution in [3.8, 4) is 6.07 Å². The third kappa shape index (κ3) is 5.45. The molecule has 1 saturated heterocycles. The van der Waals surface area contributed by atoms with Crippen LogP contribution < -0.4 is 10.6 Å². The van der Waals surface area contributed by atoms with Crippen LogP contribution in [0.25, 0.3) is 0 Å². The van der Waals surface area contributed by atoms with Crippen LogP contribution in [0, 0.1) is 11.3 Å². The van der Waals surface area contributed by atoms with Crippen LogP contribution in [0.4, 0.5) is 16.3 Å². The minimum absolute atomic E-state index is 0.210. The van der Waals surface area contributed by atoms with Crippen molar-refractivity contribution in [2.24, 2.45) is 0 Å². The molecule has 8 heteroatoms. The van der Waals surface area contributed by atoms with Crippen molar-refractivity contribution in [3.05, 3.63) is 53.7 Å². The number of aromatic nitrogens is 1. The number of carbonyl (C=O) groups excluding carboxylic acids is 2. The lowest BCUT2D eigenvalue weighted by Gasteiger charge is -2.31. The standard InChI is InChI=1S/C21H23N5O3/c1-2-29-21(28)26-10-8-17(9-11-26)24-19-7-6-16(14-23-19)20(27)25-18-5-3-4-15(12-18)13-22/h3-7,12,14,17H,2,8-11H2,1H3,(H,23,24)(H,25,27).